The van der Waals surface area contributed by atoms with Crippen LogP contribution in [-0.2, 0) is 4.79 Å². The number of hydrogen-bond acceptors (Lipinski definition) is 1. The van der Waals surface area contributed by atoms with Crippen molar-refractivity contribution in [1.82, 2.24) is 0 Å². The van der Waals surface area contributed by atoms with Crippen molar-refractivity contribution in [3.63, 3.8) is 0 Å². The molecule has 122 valence electrons. The molecule has 0 spiro atoms. The van der Waals surface area contributed by atoms with Gasteiger partial charge in [-0.3, -0.25) is 4.79 Å². The second kappa shape index (κ2) is 7.63. The van der Waals surface area contributed by atoms with Gasteiger partial charge in [-0.1, -0.05) is 42.5 Å². The predicted molar refractivity (Wildman–Crippen MR) is 96.3 cm³/mol. The lowest BCUT2D eigenvalue weighted by molar-refractivity contribution is -0.117. The van der Waals surface area contributed by atoms with E-state index in [-0.39, 0.29) is 11.8 Å². The Labute approximate surface area is 139 Å². The van der Waals surface area contributed by atoms with E-state index in [1.165, 1.54) is 0 Å². The lowest BCUT2D eigenvalue weighted by Crippen LogP contribution is -2.16. The molecule has 1 saturated carbocycles. The van der Waals surface area contributed by atoms with Gasteiger partial charge in [0.2, 0.25) is 5.91 Å². The highest BCUT2D eigenvalue weighted by Gasteiger charge is 2.52. The van der Waals surface area contributed by atoms with Crippen LogP contribution in [-0.4, -0.2) is 5.91 Å². The summed E-state index contributed by atoms with van der Waals surface area (Å²) in [5.41, 5.74) is 2.09. The summed E-state index contributed by atoms with van der Waals surface area (Å²) in [4.78, 5) is 12.7. The Morgan fingerprint density at radius 3 is 2.09 bits per heavy atom. The summed E-state index contributed by atoms with van der Waals surface area (Å²) in [7, 11) is 0. The maximum Gasteiger partial charge on any atom is 0.228 e. The van der Waals surface area contributed by atoms with Gasteiger partial charge < -0.3 is 5.32 Å². The summed E-state index contributed by atoms with van der Waals surface area (Å²) in [6, 6.07) is 8.03. The van der Waals surface area contributed by atoms with Crippen LogP contribution >= 0.6 is 0 Å². The molecule has 1 amide bonds. The summed E-state index contributed by atoms with van der Waals surface area (Å²) in [6.07, 6.45) is 16.0. The first-order valence-electron chi connectivity index (χ1n) is 8.94. The van der Waals surface area contributed by atoms with Crippen LogP contribution < -0.4 is 5.32 Å². The van der Waals surface area contributed by atoms with E-state index in [2.05, 4.69) is 29.6 Å². The Bertz CT molecular complexity index is 578. The molecule has 0 aromatic heterocycles. The van der Waals surface area contributed by atoms with Crippen molar-refractivity contribution in [1.29, 1.82) is 0 Å². The second-order valence-corrected chi connectivity index (χ2v) is 6.83. The van der Waals surface area contributed by atoms with Gasteiger partial charge in [0.15, 0.2) is 0 Å². The lowest BCUT2D eigenvalue weighted by atomic mass is 10.1. The van der Waals surface area contributed by atoms with Gasteiger partial charge in [-0.05, 0) is 68.9 Å². The molecule has 0 radical (unpaired) electrons. The van der Waals surface area contributed by atoms with Crippen molar-refractivity contribution in [3.8, 4) is 0 Å². The molecular formula is C21H27NO. The first-order valence-corrected chi connectivity index (χ1v) is 8.94. The molecule has 0 saturated heterocycles. The molecule has 2 aliphatic rings. The zero-order chi connectivity index (χ0) is 16.1. The van der Waals surface area contributed by atoms with Crippen LogP contribution in [0.5, 0.6) is 0 Å². The number of amides is 1. The van der Waals surface area contributed by atoms with Crippen molar-refractivity contribution >= 4 is 11.6 Å². The smallest absolute Gasteiger partial charge is 0.228 e. The van der Waals surface area contributed by atoms with E-state index in [1.54, 1.807) is 0 Å². The fourth-order valence-electron chi connectivity index (χ4n) is 3.79. The normalized spacial score (nSPS) is 30.2. The van der Waals surface area contributed by atoms with E-state index in [0.717, 1.165) is 49.8 Å². The fraction of sp³-hybridized carbons (Fsp3) is 0.476. The molecule has 0 aliphatic heterocycles. The Hall–Kier alpha value is -1.83. The number of allylic oxidation sites excluding steroid dienone is 4. The highest BCUT2D eigenvalue weighted by Crippen LogP contribution is 2.52. The van der Waals surface area contributed by atoms with Crippen LogP contribution in [0.3, 0.4) is 0 Å². The van der Waals surface area contributed by atoms with Crippen LogP contribution in [0.15, 0.2) is 48.6 Å². The van der Waals surface area contributed by atoms with Crippen LogP contribution in [0.4, 0.5) is 5.69 Å². The van der Waals surface area contributed by atoms with E-state index in [9.17, 15) is 4.79 Å². The van der Waals surface area contributed by atoms with Gasteiger partial charge >= 0.3 is 0 Å². The topological polar surface area (TPSA) is 29.1 Å². The first kappa shape index (κ1) is 16.0. The fourth-order valence-corrected chi connectivity index (χ4v) is 3.79. The van der Waals surface area contributed by atoms with Crippen molar-refractivity contribution in [2.75, 3.05) is 5.32 Å². The Morgan fingerprint density at radius 2 is 1.48 bits per heavy atom. The monoisotopic (exact) mass is 309 g/mol. The largest absolute Gasteiger partial charge is 0.326 e. The molecule has 3 rings (SSSR count). The number of fused-ring (bicyclic) bond motifs is 1. The summed E-state index contributed by atoms with van der Waals surface area (Å²) in [5, 5.41) is 3.15. The van der Waals surface area contributed by atoms with Crippen LogP contribution in [0, 0.1) is 24.7 Å². The Morgan fingerprint density at radius 1 is 0.913 bits per heavy atom. The number of nitrogens with one attached hydrogen (secondary N) is 1. The molecule has 3 unspecified atom stereocenters. The van der Waals surface area contributed by atoms with Gasteiger partial charge in [-0.2, -0.15) is 0 Å². The molecule has 23 heavy (non-hydrogen) atoms. The second-order valence-electron chi connectivity index (χ2n) is 6.83. The number of carbonyl (C=O) groups excluding carboxylic acids is 1. The Kier molecular flexibility index (Phi) is 5.32. The molecule has 2 nitrogen and oxygen atoms in total. The van der Waals surface area contributed by atoms with Crippen LogP contribution in [0.2, 0.25) is 0 Å². The zero-order valence-electron chi connectivity index (χ0n) is 14.0. The third-order valence-electron chi connectivity index (χ3n) is 5.20. The maximum atomic E-state index is 12.7. The Balaban J connectivity index is 1.63. The summed E-state index contributed by atoms with van der Waals surface area (Å²) >= 11 is 0. The van der Waals surface area contributed by atoms with Gasteiger partial charge in [0, 0.05) is 11.6 Å². The molecule has 1 fully saturated rings. The lowest BCUT2D eigenvalue weighted by Gasteiger charge is -2.08. The zero-order valence-corrected chi connectivity index (χ0v) is 14.0. The minimum absolute atomic E-state index is 0.206. The molecule has 2 heteroatoms. The van der Waals surface area contributed by atoms with Gasteiger partial charge in [0.05, 0.1) is 0 Å². The number of rotatable bonds is 2. The van der Waals surface area contributed by atoms with Crippen LogP contribution in [0.25, 0.3) is 0 Å². The van der Waals surface area contributed by atoms with E-state index in [4.69, 9.17) is 0 Å². The third kappa shape index (κ3) is 4.13. The molecule has 2 aliphatic carbocycles. The van der Waals surface area contributed by atoms with Crippen molar-refractivity contribution in [3.05, 3.63) is 54.1 Å². The molecule has 0 bridgehead atoms. The molecule has 3 atom stereocenters. The molecular weight excluding hydrogens is 282 g/mol. The molecule has 1 N–H and O–H groups in total. The maximum absolute atomic E-state index is 12.7. The van der Waals surface area contributed by atoms with Crippen molar-refractivity contribution < 1.29 is 4.79 Å². The van der Waals surface area contributed by atoms with Crippen molar-refractivity contribution in [2.24, 2.45) is 17.8 Å². The molecule has 1 aromatic rings. The van der Waals surface area contributed by atoms with E-state index in [0.29, 0.717) is 11.8 Å². The number of para-hydroxylation sites is 1. The summed E-state index contributed by atoms with van der Waals surface area (Å²) < 4.78 is 0. The third-order valence-corrected chi connectivity index (χ3v) is 5.20. The first-order chi connectivity index (χ1) is 11.3. The summed E-state index contributed by atoms with van der Waals surface area (Å²) in [6.45, 7) is 2.04. The minimum Gasteiger partial charge on any atom is -0.326 e. The van der Waals surface area contributed by atoms with Gasteiger partial charge in [-0.25, -0.2) is 0 Å². The van der Waals surface area contributed by atoms with E-state index < -0.39 is 0 Å². The molecule has 0 heterocycles. The van der Waals surface area contributed by atoms with E-state index >= 15 is 0 Å². The quantitative estimate of drug-likeness (QED) is 0.742. The number of aryl methyl sites for hydroxylation is 1. The van der Waals surface area contributed by atoms with E-state index in [1.807, 2.05) is 31.2 Å². The highest BCUT2D eigenvalue weighted by molar-refractivity contribution is 5.95. The van der Waals surface area contributed by atoms with Crippen molar-refractivity contribution in [2.45, 2.75) is 45.4 Å². The number of anilines is 1. The predicted octanol–water partition coefficient (Wildman–Crippen LogP) is 5.26. The average Bonchev–Trinajstić information content (AvgIpc) is 3.22. The number of carbonyl (C=O) groups is 1. The summed E-state index contributed by atoms with van der Waals surface area (Å²) in [5.74, 6) is 1.56. The van der Waals surface area contributed by atoms with Gasteiger partial charge in [0.25, 0.3) is 0 Å². The average molecular weight is 309 g/mol. The number of benzene rings is 1. The van der Waals surface area contributed by atoms with Gasteiger partial charge in [0.1, 0.15) is 0 Å². The SMILES string of the molecule is Cc1ccccc1NC(=O)C1C2CC/C=C\CC/C=C/CCC21. The standard InChI is InChI=1S/C21H27NO/c1-16-12-10-11-15-19(16)22-21(23)20-17-13-8-6-4-2-3-5-7-9-14-18(17)20/h4-7,10-12,15,17-18,20H,2-3,8-9,13-14H2,1H3,(H,22,23)/b6-4-,7-5+. The van der Waals surface area contributed by atoms with Crippen LogP contribution in [0.1, 0.15) is 44.1 Å². The number of hydrogen-bond donors (Lipinski definition) is 1. The van der Waals surface area contributed by atoms with Gasteiger partial charge in [-0.15, -0.1) is 0 Å². The molecule has 1 aromatic carbocycles. The minimum atomic E-state index is 0.206. The highest BCUT2D eigenvalue weighted by atomic mass is 16.2.